The molecule has 1 fully saturated rings. The predicted molar refractivity (Wildman–Crippen MR) is 158 cm³/mol. The third-order valence-electron chi connectivity index (χ3n) is 7.26. The zero-order valence-electron chi connectivity index (χ0n) is 25.4. The molecule has 2 atom stereocenters. The van der Waals surface area contributed by atoms with E-state index >= 15 is 0 Å². The van der Waals surface area contributed by atoms with Crippen molar-refractivity contribution in [2.45, 2.75) is 64.7 Å². The number of nitrogens with zero attached hydrogens (tertiary/aromatic N) is 2. The largest absolute Gasteiger partial charge is 0.467 e. The Labute approximate surface area is 249 Å². The fraction of sp³-hybridized carbons (Fsp3) is 0.562. The molecule has 2 aromatic rings. The van der Waals surface area contributed by atoms with Crippen molar-refractivity contribution >= 4 is 11.9 Å². The van der Waals surface area contributed by atoms with Crippen LogP contribution in [0.2, 0.25) is 0 Å². The lowest BCUT2D eigenvalue weighted by Gasteiger charge is -2.44. The number of hydrogen-bond donors (Lipinski definition) is 0. The van der Waals surface area contributed by atoms with Crippen molar-refractivity contribution in [3.8, 4) is 11.5 Å². The van der Waals surface area contributed by atoms with Crippen LogP contribution in [0.1, 0.15) is 50.7 Å². The van der Waals surface area contributed by atoms with E-state index in [1.807, 2.05) is 62.4 Å². The minimum absolute atomic E-state index is 0.0277. The number of para-hydroxylation sites is 2. The van der Waals surface area contributed by atoms with Crippen molar-refractivity contribution in [2.75, 3.05) is 54.1 Å². The summed E-state index contributed by atoms with van der Waals surface area (Å²) < 4.78 is 32.7. The van der Waals surface area contributed by atoms with Gasteiger partial charge >= 0.3 is 11.9 Å². The molecule has 42 heavy (non-hydrogen) atoms. The molecule has 232 valence electrons. The van der Waals surface area contributed by atoms with Crippen molar-refractivity contribution in [3.05, 3.63) is 59.7 Å². The van der Waals surface area contributed by atoms with E-state index < -0.39 is 0 Å². The van der Waals surface area contributed by atoms with Gasteiger partial charge in [0.25, 0.3) is 0 Å². The summed E-state index contributed by atoms with van der Waals surface area (Å²) in [6, 6.07) is 15.5. The Morgan fingerprint density at radius 2 is 1.10 bits per heavy atom. The molecule has 0 saturated heterocycles. The summed E-state index contributed by atoms with van der Waals surface area (Å²) in [5.74, 6) is 0.834. The van der Waals surface area contributed by atoms with E-state index in [0.717, 1.165) is 36.8 Å². The molecule has 10 nitrogen and oxygen atoms in total. The molecule has 1 aliphatic rings. The topological polar surface area (TPSA) is 96.0 Å². The molecule has 0 spiro atoms. The minimum Gasteiger partial charge on any atom is -0.467 e. The van der Waals surface area contributed by atoms with Gasteiger partial charge in [-0.25, -0.2) is 0 Å². The number of esters is 2. The summed E-state index contributed by atoms with van der Waals surface area (Å²) in [4.78, 5) is 30.1. The van der Waals surface area contributed by atoms with Gasteiger partial charge < -0.3 is 28.4 Å². The van der Waals surface area contributed by atoms with Gasteiger partial charge in [0.05, 0.1) is 26.3 Å². The lowest BCUT2D eigenvalue weighted by molar-refractivity contribution is -0.149. The summed E-state index contributed by atoms with van der Waals surface area (Å²) in [7, 11) is 3.16. The highest BCUT2D eigenvalue weighted by Gasteiger charge is 2.37. The Morgan fingerprint density at radius 3 is 1.48 bits per heavy atom. The van der Waals surface area contributed by atoms with Crippen LogP contribution in [0.25, 0.3) is 0 Å². The average molecular weight is 587 g/mol. The van der Waals surface area contributed by atoms with Crippen LogP contribution in [0, 0.1) is 0 Å². The fourth-order valence-electron chi connectivity index (χ4n) is 5.50. The molecule has 0 radical (unpaired) electrons. The van der Waals surface area contributed by atoms with E-state index in [-0.39, 0.29) is 50.7 Å². The predicted octanol–water partition coefficient (Wildman–Crippen LogP) is 4.39. The van der Waals surface area contributed by atoms with Crippen molar-refractivity contribution in [2.24, 2.45) is 0 Å². The first-order valence-electron chi connectivity index (χ1n) is 14.7. The normalized spacial score (nSPS) is 16.8. The van der Waals surface area contributed by atoms with Gasteiger partial charge in [-0.1, -0.05) is 49.2 Å². The summed E-state index contributed by atoms with van der Waals surface area (Å²) >= 11 is 0. The molecule has 0 bridgehead atoms. The van der Waals surface area contributed by atoms with Gasteiger partial charge in [-0.2, -0.15) is 0 Å². The second-order valence-electron chi connectivity index (χ2n) is 10.2. The molecule has 3 rings (SSSR count). The quantitative estimate of drug-likeness (QED) is 0.185. The van der Waals surface area contributed by atoms with Crippen LogP contribution in [-0.2, 0) is 41.6 Å². The molecule has 0 N–H and O–H groups in total. The Kier molecular flexibility index (Phi) is 14.6. The van der Waals surface area contributed by atoms with Crippen LogP contribution in [0.5, 0.6) is 11.5 Å². The van der Waals surface area contributed by atoms with E-state index in [9.17, 15) is 9.59 Å². The molecule has 0 amide bonds. The highest BCUT2D eigenvalue weighted by molar-refractivity contribution is 5.72. The van der Waals surface area contributed by atoms with Gasteiger partial charge in [0, 0.05) is 50.5 Å². The third-order valence-corrected chi connectivity index (χ3v) is 7.26. The number of methoxy groups -OCH3 is 2. The maximum atomic E-state index is 12.9. The third kappa shape index (κ3) is 10.3. The van der Waals surface area contributed by atoms with E-state index in [2.05, 4.69) is 9.80 Å². The van der Waals surface area contributed by atoms with Gasteiger partial charge in [-0.15, -0.1) is 0 Å². The van der Waals surface area contributed by atoms with Crippen molar-refractivity contribution < 1.29 is 38.0 Å². The van der Waals surface area contributed by atoms with E-state index in [1.165, 1.54) is 0 Å². The summed E-state index contributed by atoms with van der Waals surface area (Å²) in [5.41, 5.74) is 1.89. The lowest BCUT2D eigenvalue weighted by Crippen LogP contribution is -2.55. The highest BCUT2D eigenvalue weighted by Crippen LogP contribution is 2.32. The molecule has 2 aromatic carbocycles. The maximum Gasteiger partial charge on any atom is 0.320 e. The Bertz CT molecular complexity index is 1010. The second-order valence-corrected chi connectivity index (χ2v) is 10.2. The molecular weight excluding hydrogens is 540 g/mol. The summed E-state index contributed by atoms with van der Waals surface area (Å²) in [5, 5.41) is 0. The van der Waals surface area contributed by atoms with E-state index in [1.54, 1.807) is 14.2 Å². The Hall–Kier alpha value is -3.18. The van der Waals surface area contributed by atoms with Crippen LogP contribution in [0.15, 0.2) is 48.5 Å². The number of ether oxygens (including phenoxy) is 6. The van der Waals surface area contributed by atoms with Crippen molar-refractivity contribution in [1.82, 2.24) is 9.80 Å². The summed E-state index contributed by atoms with van der Waals surface area (Å²) in [6.45, 7) is 5.66. The molecular formula is C32H46N2O8. The number of rotatable bonds is 18. The first kappa shape index (κ1) is 33.3. The molecule has 0 unspecified atom stereocenters. The smallest absolute Gasteiger partial charge is 0.320 e. The van der Waals surface area contributed by atoms with Crippen LogP contribution < -0.4 is 9.47 Å². The van der Waals surface area contributed by atoms with Crippen molar-refractivity contribution in [1.29, 1.82) is 0 Å². The van der Waals surface area contributed by atoms with Crippen molar-refractivity contribution in [3.63, 3.8) is 0 Å². The molecule has 0 aromatic heterocycles. The number of carbonyl (C=O) groups is 2. The summed E-state index contributed by atoms with van der Waals surface area (Å²) in [6.07, 6.45) is 3.77. The lowest BCUT2D eigenvalue weighted by atomic mass is 9.87. The Morgan fingerprint density at radius 1 is 0.690 bits per heavy atom. The number of benzene rings is 2. The molecule has 1 aliphatic carbocycles. The van der Waals surface area contributed by atoms with Gasteiger partial charge in [0.2, 0.25) is 0 Å². The first-order valence-corrected chi connectivity index (χ1v) is 14.7. The molecule has 1 saturated carbocycles. The monoisotopic (exact) mass is 586 g/mol. The van der Waals surface area contributed by atoms with Crippen LogP contribution in [0.3, 0.4) is 0 Å². The van der Waals surface area contributed by atoms with Gasteiger partial charge in [0.1, 0.15) is 11.5 Å². The van der Waals surface area contributed by atoms with E-state index in [4.69, 9.17) is 28.4 Å². The van der Waals surface area contributed by atoms with Gasteiger partial charge in [-0.3, -0.25) is 19.4 Å². The maximum absolute atomic E-state index is 12.9. The molecule has 0 aliphatic heterocycles. The minimum atomic E-state index is -0.285. The molecule has 0 heterocycles. The second kappa shape index (κ2) is 18.4. The van der Waals surface area contributed by atoms with E-state index in [0.29, 0.717) is 37.8 Å². The van der Waals surface area contributed by atoms with Crippen LogP contribution >= 0.6 is 0 Å². The zero-order chi connectivity index (χ0) is 30.2. The SMILES string of the molecule is CCOC(=O)CN(Cc1ccccc1OCOC)[C@@H]1CCCC[C@H]1N(CC(=O)OCC)Cc1ccccc1OCOC. The molecule has 10 heteroatoms. The average Bonchev–Trinajstić information content (AvgIpc) is 2.99. The first-order chi connectivity index (χ1) is 20.5. The highest BCUT2D eigenvalue weighted by atomic mass is 16.7. The standard InChI is InChI=1S/C32H46N2O8/c1-5-39-31(35)21-33(19-25-13-7-11-17-29(25)41-23-37-3)27-15-9-10-16-28(27)34(22-32(36)40-6-2)20-26-14-8-12-18-30(26)42-24-38-4/h7-8,11-14,17-18,27-28H,5-6,9-10,15-16,19-24H2,1-4H3/t27-,28-/m1/s1. The number of hydrogen-bond acceptors (Lipinski definition) is 10. The van der Waals surface area contributed by atoms with Crippen LogP contribution in [0.4, 0.5) is 0 Å². The Balaban J connectivity index is 1.97. The van der Waals surface area contributed by atoms with Gasteiger partial charge in [0.15, 0.2) is 13.6 Å². The van der Waals surface area contributed by atoms with Gasteiger partial charge in [-0.05, 0) is 38.8 Å². The van der Waals surface area contributed by atoms with Crippen LogP contribution in [-0.4, -0.2) is 87.9 Å². The zero-order valence-corrected chi connectivity index (χ0v) is 25.4. The number of carbonyl (C=O) groups excluding carboxylic acids is 2. The fourth-order valence-corrected chi connectivity index (χ4v) is 5.50.